The zero-order valence-corrected chi connectivity index (χ0v) is 11.6. The quantitative estimate of drug-likeness (QED) is 0.723. The molecule has 102 valence electrons. The van der Waals surface area contributed by atoms with Crippen molar-refractivity contribution in [2.45, 2.75) is 33.3 Å². The van der Waals surface area contributed by atoms with Crippen LogP contribution in [0.4, 0.5) is 0 Å². The molecule has 0 aliphatic heterocycles. The van der Waals surface area contributed by atoms with E-state index in [0.717, 1.165) is 29.7 Å². The lowest BCUT2D eigenvalue weighted by molar-refractivity contribution is 0.00323. The van der Waals surface area contributed by atoms with Gasteiger partial charge < -0.3 is 14.6 Å². The van der Waals surface area contributed by atoms with Crippen molar-refractivity contribution in [3.63, 3.8) is 0 Å². The molecule has 1 N–H and O–H groups in total. The van der Waals surface area contributed by atoms with E-state index >= 15 is 0 Å². The van der Waals surface area contributed by atoms with Crippen molar-refractivity contribution >= 4 is 0 Å². The molecular weight excluding hydrogens is 228 g/mol. The second-order valence-electron chi connectivity index (χ2n) is 4.62. The van der Waals surface area contributed by atoms with Gasteiger partial charge in [0.15, 0.2) is 0 Å². The fourth-order valence-electron chi connectivity index (χ4n) is 1.86. The van der Waals surface area contributed by atoms with E-state index in [9.17, 15) is 5.11 Å². The van der Waals surface area contributed by atoms with Crippen LogP contribution in [0.5, 0.6) is 0 Å². The van der Waals surface area contributed by atoms with Crippen LogP contribution in [0, 0.1) is 13.8 Å². The van der Waals surface area contributed by atoms with E-state index in [-0.39, 0.29) is 0 Å². The predicted molar refractivity (Wildman–Crippen MR) is 72.8 cm³/mol. The molecule has 1 atom stereocenters. The van der Waals surface area contributed by atoms with E-state index < -0.39 is 6.10 Å². The van der Waals surface area contributed by atoms with Crippen LogP contribution < -0.4 is 0 Å². The van der Waals surface area contributed by atoms with Crippen LogP contribution in [0.2, 0.25) is 0 Å². The smallest absolute Gasteiger partial charge is 0.102 e. The van der Waals surface area contributed by atoms with Crippen molar-refractivity contribution in [2.75, 3.05) is 26.4 Å². The normalized spacial score (nSPS) is 12.7. The molecule has 0 spiro atoms. The average molecular weight is 252 g/mol. The molecule has 1 aromatic carbocycles. The van der Waals surface area contributed by atoms with E-state index in [4.69, 9.17) is 9.47 Å². The van der Waals surface area contributed by atoms with E-state index in [1.54, 1.807) is 0 Å². The lowest BCUT2D eigenvalue weighted by Crippen LogP contribution is -2.11. The Hall–Kier alpha value is -0.900. The first-order valence-electron chi connectivity index (χ1n) is 6.55. The summed E-state index contributed by atoms with van der Waals surface area (Å²) in [6.07, 6.45) is 0.459. The highest BCUT2D eigenvalue weighted by molar-refractivity contribution is 5.29. The van der Waals surface area contributed by atoms with Crippen LogP contribution in [-0.2, 0) is 9.47 Å². The summed E-state index contributed by atoms with van der Waals surface area (Å²) < 4.78 is 10.7. The topological polar surface area (TPSA) is 38.7 Å². The predicted octanol–water partition coefficient (Wildman–Crippen LogP) is 2.78. The molecular formula is C15H24O3. The van der Waals surface area contributed by atoms with Crippen molar-refractivity contribution < 1.29 is 14.6 Å². The largest absolute Gasteiger partial charge is 0.386 e. The van der Waals surface area contributed by atoms with Gasteiger partial charge in [0.05, 0.1) is 19.8 Å². The lowest BCUT2D eigenvalue weighted by Gasteiger charge is -2.13. The summed E-state index contributed by atoms with van der Waals surface area (Å²) in [5.74, 6) is 0. The second kappa shape index (κ2) is 8.25. The first kappa shape index (κ1) is 15.2. The maximum Gasteiger partial charge on any atom is 0.102 e. The molecule has 18 heavy (non-hydrogen) atoms. The molecule has 1 unspecified atom stereocenters. The van der Waals surface area contributed by atoms with Crippen molar-refractivity contribution in [3.05, 3.63) is 34.9 Å². The Bertz CT molecular complexity index is 329. The zero-order valence-electron chi connectivity index (χ0n) is 11.6. The molecule has 1 rings (SSSR count). The number of ether oxygens (including phenoxy) is 2. The van der Waals surface area contributed by atoms with E-state index in [1.165, 1.54) is 0 Å². The third-order valence-electron chi connectivity index (χ3n) is 2.62. The van der Waals surface area contributed by atoms with E-state index in [2.05, 4.69) is 13.0 Å². The number of benzene rings is 1. The van der Waals surface area contributed by atoms with Gasteiger partial charge in [-0.3, -0.25) is 0 Å². The summed E-state index contributed by atoms with van der Waals surface area (Å²) in [4.78, 5) is 0. The maximum atomic E-state index is 10.0. The van der Waals surface area contributed by atoms with E-state index in [0.29, 0.717) is 19.8 Å². The highest BCUT2D eigenvalue weighted by Crippen LogP contribution is 2.17. The minimum atomic E-state index is -0.560. The lowest BCUT2D eigenvalue weighted by atomic mass is 10.0. The summed E-state index contributed by atoms with van der Waals surface area (Å²) in [7, 11) is 0. The van der Waals surface area contributed by atoms with E-state index in [1.807, 2.05) is 26.0 Å². The van der Waals surface area contributed by atoms with Crippen LogP contribution in [0.3, 0.4) is 0 Å². The Morgan fingerprint density at radius 2 is 1.61 bits per heavy atom. The summed E-state index contributed by atoms with van der Waals surface area (Å²) in [5.41, 5.74) is 3.24. The van der Waals surface area contributed by atoms with Crippen LogP contribution in [0.25, 0.3) is 0 Å². The van der Waals surface area contributed by atoms with Crippen molar-refractivity contribution in [3.8, 4) is 0 Å². The van der Waals surface area contributed by atoms with Gasteiger partial charge in [0.2, 0.25) is 0 Å². The zero-order chi connectivity index (χ0) is 13.4. The molecule has 1 aromatic rings. The van der Waals surface area contributed by atoms with Crippen LogP contribution in [0.15, 0.2) is 18.2 Å². The number of hydrogen-bond donors (Lipinski definition) is 1. The molecule has 0 aliphatic carbocycles. The standard InChI is InChI=1S/C15H24O3/c1-4-5-17-6-7-18-11-15(16)14-9-12(2)8-13(3)10-14/h8-10,15-16H,4-7,11H2,1-3H3. The molecule has 0 aromatic heterocycles. The van der Waals surface area contributed by atoms with Crippen LogP contribution in [0.1, 0.15) is 36.1 Å². The van der Waals surface area contributed by atoms with Crippen molar-refractivity contribution in [1.82, 2.24) is 0 Å². The Kier molecular flexibility index (Phi) is 6.94. The first-order chi connectivity index (χ1) is 8.63. The highest BCUT2D eigenvalue weighted by Gasteiger charge is 2.08. The number of aryl methyl sites for hydroxylation is 2. The van der Waals surface area contributed by atoms with Gasteiger partial charge >= 0.3 is 0 Å². The minimum Gasteiger partial charge on any atom is -0.386 e. The number of rotatable bonds is 8. The SMILES string of the molecule is CCCOCCOCC(O)c1cc(C)cc(C)c1. The fourth-order valence-corrected chi connectivity index (χ4v) is 1.86. The third-order valence-corrected chi connectivity index (χ3v) is 2.62. The molecule has 0 radical (unpaired) electrons. The van der Waals surface area contributed by atoms with Gasteiger partial charge in [0, 0.05) is 6.61 Å². The van der Waals surface area contributed by atoms with Gasteiger partial charge in [-0.05, 0) is 25.8 Å². The Balaban J connectivity index is 2.29. The molecule has 0 fully saturated rings. The highest BCUT2D eigenvalue weighted by atomic mass is 16.5. The number of aliphatic hydroxyl groups is 1. The summed E-state index contributed by atoms with van der Waals surface area (Å²) in [5, 5.41) is 10.0. The van der Waals surface area contributed by atoms with Gasteiger partial charge in [0.1, 0.15) is 6.10 Å². The summed E-state index contributed by atoms with van der Waals surface area (Å²) >= 11 is 0. The Labute approximate surface area is 110 Å². The third kappa shape index (κ3) is 5.63. The molecule has 0 amide bonds. The maximum absolute atomic E-state index is 10.0. The molecule has 0 saturated carbocycles. The molecule has 0 saturated heterocycles. The molecule has 0 heterocycles. The molecule has 3 nitrogen and oxygen atoms in total. The fraction of sp³-hybridized carbons (Fsp3) is 0.600. The van der Waals surface area contributed by atoms with Gasteiger partial charge in [-0.25, -0.2) is 0 Å². The summed E-state index contributed by atoms with van der Waals surface area (Å²) in [6, 6.07) is 6.08. The van der Waals surface area contributed by atoms with Gasteiger partial charge in [-0.15, -0.1) is 0 Å². The monoisotopic (exact) mass is 252 g/mol. The van der Waals surface area contributed by atoms with Crippen LogP contribution in [-0.4, -0.2) is 31.5 Å². The number of hydrogen-bond acceptors (Lipinski definition) is 3. The number of aliphatic hydroxyl groups excluding tert-OH is 1. The first-order valence-corrected chi connectivity index (χ1v) is 6.55. The Morgan fingerprint density at radius 1 is 1.00 bits per heavy atom. The van der Waals surface area contributed by atoms with Gasteiger partial charge in [-0.2, -0.15) is 0 Å². The minimum absolute atomic E-state index is 0.318. The Morgan fingerprint density at radius 3 is 2.22 bits per heavy atom. The summed E-state index contributed by atoms with van der Waals surface area (Å²) in [6.45, 7) is 8.34. The van der Waals surface area contributed by atoms with Crippen molar-refractivity contribution in [1.29, 1.82) is 0 Å². The molecule has 0 bridgehead atoms. The molecule has 3 heteroatoms. The van der Waals surface area contributed by atoms with Gasteiger partial charge in [-0.1, -0.05) is 36.2 Å². The average Bonchev–Trinajstić information content (AvgIpc) is 2.32. The van der Waals surface area contributed by atoms with Crippen molar-refractivity contribution in [2.24, 2.45) is 0 Å². The van der Waals surface area contributed by atoms with Gasteiger partial charge in [0.25, 0.3) is 0 Å². The second-order valence-corrected chi connectivity index (χ2v) is 4.62. The molecule has 0 aliphatic rings. The van der Waals surface area contributed by atoms with Crippen LogP contribution >= 0.6 is 0 Å².